The third kappa shape index (κ3) is 4.61. The highest BCUT2D eigenvalue weighted by atomic mass is 35.5. The lowest BCUT2D eigenvalue weighted by molar-refractivity contribution is 0.0938. The van der Waals surface area contributed by atoms with Crippen molar-refractivity contribution in [3.05, 3.63) is 70.9 Å². The Balaban J connectivity index is 1.73. The zero-order chi connectivity index (χ0) is 17.5. The number of halogens is 1. The number of nitrogens with zero attached hydrogens (tertiary/aromatic N) is 1. The Hall–Kier alpha value is -1.85. The zero-order valence-electron chi connectivity index (χ0n) is 14.1. The van der Waals surface area contributed by atoms with E-state index in [0.717, 1.165) is 30.2 Å². The smallest absolute Gasteiger partial charge is 0.0698 e. The van der Waals surface area contributed by atoms with Crippen molar-refractivity contribution >= 4 is 22.5 Å². The summed E-state index contributed by atoms with van der Waals surface area (Å²) in [7, 11) is 0. The fourth-order valence-electron chi connectivity index (χ4n) is 2.94. The second-order valence-corrected chi connectivity index (χ2v) is 6.31. The number of hydrogen-bond donors (Lipinski definition) is 2. The maximum atomic E-state index is 8.70. The molecule has 0 aliphatic heterocycles. The normalized spacial score (nSPS) is 11.3. The Morgan fingerprint density at radius 2 is 1.80 bits per heavy atom. The van der Waals surface area contributed by atoms with E-state index in [0.29, 0.717) is 13.2 Å². The van der Waals surface area contributed by atoms with Gasteiger partial charge in [0, 0.05) is 41.8 Å². The Labute approximate surface area is 153 Å². The molecule has 0 aliphatic carbocycles. The number of rotatable bonds is 9. The average Bonchev–Trinajstić information content (AvgIpc) is 2.98. The molecule has 2 N–H and O–H groups in total. The van der Waals surface area contributed by atoms with Crippen LogP contribution in [0.5, 0.6) is 0 Å². The predicted molar refractivity (Wildman–Crippen MR) is 102 cm³/mol. The monoisotopic (exact) mass is 358 g/mol. The Kier molecular flexibility index (Phi) is 6.48. The largest absolute Gasteiger partial charge is 0.394 e. The summed E-state index contributed by atoms with van der Waals surface area (Å²) in [6.45, 7) is 3.33. The van der Waals surface area contributed by atoms with Crippen molar-refractivity contribution in [2.75, 3.05) is 26.4 Å². The number of para-hydroxylation sites is 1. The molecule has 0 aliphatic rings. The minimum atomic E-state index is 0.0650. The van der Waals surface area contributed by atoms with Gasteiger partial charge in [0.2, 0.25) is 0 Å². The van der Waals surface area contributed by atoms with Crippen LogP contribution in [0.2, 0.25) is 5.02 Å². The summed E-state index contributed by atoms with van der Waals surface area (Å²) in [6.07, 6.45) is 2.19. The third-order valence-corrected chi connectivity index (χ3v) is 4.51. The predicted octanol–water partition coefficient (Wildman–Crippen LogP) is 3.44. The highest BCUT2D eigenvalue weighted by molar-refractivity contribution is 6.31. The number of nitrogens with one attached hydrogen (secondary N) is 1. The third-order valence-electron chi connectivity index (χ3n) is 4.14. The van der Waals surface area contributed by atoms with Crippen LogP contribution in [-0.2, 0) is 17.8 Å². The fourth-order valence-corrected chi connectivity index (χ4v) is 3.13. The van der Waals surface area contributed by atoms with E-state index in [1.165, 1.54) is 16.5 Å². The van der Waals surface area contributed by atoms with E-state index in [4.69, 9.17) is 21.4 Å². The van der Waals surface area contributed by atoms with E-state index < -0.39 is 0 Å². The van der Waals surface area contributed by atoms with Crippen LogP contribution in [0.1, 0.15) is 11.1 Å². The van der Waals surface area contributed by atoms with E-state index in [2.05, 4.69) is 46.4 Å². The second-order valence-electron chi connectivity index (χ2n) is 5.90. The fraction of sp³-hybridized carbons (Fsp3) is 0.300. The van der Waals surface area contributed by atoms with Gasteiger partial charge in [0.15, 0.2) is 0 Å². The van der Waals surface area contributed by atoms with Gasteiger partial charge in [0.25, 0.3) is 0 Å². The molecule has 25 heavy (non-hydrogen) atoms. The van der Waals surface area contributed by atoms with Crippen LogP contribution in [-0.4, -0.2) is 36.0 Å². The second kappa shape index (κ2) is 9.02. The number of hydrogen-bond acceptors (Lipinski definition) is 3. The maximum absolute atomic E-state index is 8.70. The summed E-state index contributed by atoms with van der Waals surface area (Å²) in [5.41, 5.74) is 3.57. The molecular formula is C20H23ClN2O2. The first-order valence-electron chi connectivity index (χ1n) is 8.49. The molecule has 3 rings (SSSR count). The molecule has 2 aromatic carbocycles. The Morgan fingerprint density at radius 1 is 1.00 bits per heavy atom. The molecule has 3 aromatic rings. The number of aromatic nitrogens is 1. The van der Waals surface area contributed by atoms with Crippen LogP contribution >= 0.6 is 11.6 Å². The first-order valence-corrected chi connectivity index (χ1v) is 8.87. The molecule has 0 radical (unpaired) electrons. The van der Waals surface area contributed by atoms with Crippen molar-refractivity contribution in [2.24, 2.45) is 0 Å². The van der Waals surface area contributed by atoms with Crippen LogP contribution in [0, 0.1) is 0 Å². The summed E-state index contributed by atoms with van der Waals surface area (Å²) >= 11 is 6.32. The van der Waals surface area contributed by atoms with E-state index in [1.54, 1.807) is 0 Å². The molecule has 1 heterocycles. The van der Waals surface area contributed by atoms with Crippen molar-refractivity contribution < 1.29 is 9.84 Å². The van der Waals surface area contributed by atoms with Gasteiger partial charge in [-0.1, -0.05) is 48.0 Å². The first-order chi connectivity index (χ1) is 12.3. The molecule has 132 valence electrons. The Morgan fingerprint density at radius 3 is 2.64 bits per heavy atom. The SMILES string of the molecule is OCCOCCNCc1cn(Cc2ccccc2Cl)c2ccccc12. The van der Waals surface area contributed by atoms with Gasteiger partial charge < -0.3 is 19.7 Å². The number of aliphatic hydroxyl groups is 1. The standard InChI is InChI=1S/C20H23ClN2O2/c21-19-7-3-1-5-16(19)14-23-15-17(13-22-9-11-25-12-10-24)18-6-2-4-8-20(18)23/h1-8,15,22,24H,9-14H2. The molecule has 0 saturated heterocycles. The summed E-state index contributed by atoms with van der Waals surface area (Å²) in [4.78, 5) is 0. The zero-order valence-corrected chi connectivity index (χ0v) is 14.9. The van der Waals surface area contributed by atoms with Crippen molar-refractivity contribution in [1.29, 1.82) is 0 Å². The minimum Gasteiger partial charge on any atom is -0.394 e. The highest BCUT2D eigenvalue weighted by Crippen LogP contribution is 2.24. The molecule has 0 unspecified atom stereocenters. The number of fused-ring (bicyclic) bond motifs is 1. The van der Waals surface area contributed by atoms with Crippen molar-refractivity contribution in [1.82, 2.24) is 9.88 Å². The molecule has 4 nitrogen and oxygen atoms in total. The lowest BCUT2D eigenvalue weighted by atomic mass is 10.2. The van der Waals surface area contributed by atoms with E-state index in [-0.39, 0.29) is 6.61 Å². The van der Waals surface area contributed by atoms with E-state index in [1.807, 2.05) is 18.2 Å². The number of aliphatic hydroxyl groups excluding tert-OH is 1. The molecule has 0 atom stereocenters. The molecule has 0 saturated carbocycles. The first kappa shape index (κ1) is 18.0. The summed E-state index contributed by atoms with van der Waals surface area (Å²) < 4.78 is 7.52. The lowest BCUT2D eigenvalue weighted by Crippen LogP contribution is -2.19. The van der Waals surface area contributed by atoms with Gasteiger partial charge in [0.1, 0.15) is 0 Å². The van der Waals surface area contributed by atoms with Crippen LogP contribution in [0.4, 0.5) is 0 Å². The van der Waals surface area contributed by atoms with Gasteiger partial charge in [-0.2, -0.15) is 0 Å². The molecular weight excluding hydrogens is 336 g/mol. The minimum absolute atomic E-state index is 0.0650. The number of benzene rings is 2. The molecule has 0 amide bonds. The van der Waals surface area contributed by atoms with E-state index in [9.17, 15) is 0 Å². The topological polar surface area (TPSA) is 46.4 Å². The van der Waals surface area contributed by atoms with Crippen molar-refractivity contribution in [3.8, 4) is 0 Å². The van der Waals surface area contributed by atoms with Gasteiger partial charge in [0.05, 0.1) is 19.8 Å². The number of ether oxygens (including phenoxy) is 1. The summed E-state index contributed by atoms with van der Waals surface area (Å²) in [6, 6.07) is 16.4. The van der Waals surface area contributed by atoms with Crippen LogP contribution in [0.25, 0.3) is 10.9 Å². The summed E-state index contributed by atoms with van der Waals surface area (Å²) in [5, 5.41) is 14.1. The van der Waals surface area contributed by atoms with E-state index >= 15 is 0 Å². The molecule has 0 spiro atoms. The molecule has 0 fully saturated rings. The van der Waals surface area contributed by atoms with Gasteiger partial charge in [-0.25, -0.2) is 0 Å². The van der Waals surface area contributed by atoms with Gasteiger partial charge in [-0.15, -0.1) is 0 Å². The summed E-state index contributed by atoms with van der Waals surface area (Å²) in [5.74, 6) is 0. The van der Waals surface area contributed by atoms with Crippen LogP contribution < -0.4 is 5.32 Å². The maximum Gasteiger partial charge on any atom is 0.0698 e. The van der Waals surface area contributed by atoms with Gasteiger partial charge in [-0.05, 0) is 23.3 Å². The highest BCUT2D eigenvalue weighted by Gasteiger charge is 2.09. The van der Waals surface area contributed by atoms with Gasteiger partial charge >= 0.3 is 0 Å². The molecule has 1 aromatic heterocycles. The quantitative estimate of drug-likeness (QED) is 0.576. The molecule has 5 heteroatoms. The van der Waals surface area contributed by atoms with Crippen LogP contribution in [0.15, 0.2) is 54.7 Å². The molecule has 0 bridgehead atoms. The Bertz CT molecular complexity index is 816. The van der Waals surface area contributed by atoms with Crippen LogP contribution in [0.3, 0.4) is 0 Å². The van der Waals surface area contributed by atoms with Gasteiger partial charge in [-0.3, -0.25) is 0 Å². The van der Waals surface area contributed by atoms with Crippen molar-refractivity contribution in [3.63, 3.8) is 0 Å². The average molecular weight is 359 g/mol. The van der Waals surface area contributed by atoms with Crippen molar-refractivity contribution in [2.45, 2.75) is 13.1 Å². The lowest BCUT2D eigenvalue weighted by Gasteiger charge is -2.07.